The number of carboxylic acid groups (broad SMARTS) is 1. The van der Waals surface area contributed by atoms with Crippen molar-refractivity contribution in [1.82, 2.24) is 4.90 Å². The third-order valence-corrected chi connectivity index (χ3v) is 5.56. The van der Waals surface area contributed by atoms with Crippen molar-refractivity contribution >= 4 is 39.4 Å². The van der Waals surface area contributed by atoms with Crippen molar-refractivity contribution in [3.05, 3.63) is 99.0 Å². The van der Waals surface area contributed by atoms with E-state index in [1.54, 1.807) is 18.2 Å². The minimum atomic E-state index is -1.08. The second kappa shape index (κ2) is 10.5. The predicted octanol–water partition coefficient (Wildman–Crippen LogP) is 5.45. The predicted molar refractivity (Wildman–Crippen MR) is 124 cm³/mol. The first-order valence-electron chi connectivity index (χ1n) is 9.54. The summed E-state index contributed by atoms with van der Waals surface area (Å²) in [6.07, 6.45) is 0.172. The van der Waals surface area contributed by atoms with E-state index in [-0.39, 0.29) is 18.5 Å². The summed E-state index contributed by atoms with van der Waals surface area (Å²) in [5.41, 5.74) is 1.88. The fourth-order valence-electron chi connectivity index (χ4n) is 3.32. The zero-order chi connectivity index (χ0) is 22.4. The molecule has 0 aliphatic heterocycles. The van der Waals surface area contributed by atoms with Crippen LogP contribution in [0.25, 0.3) is 0 Å². The van der Waals surface area contributed by atoms with Gasteiger partial charge in [0.25, 0.3) is 5.91 Å². The molecule has 5 nitrogen and oxygen atoms in total. The molecular formula is C24H21BrClNO4. The fourth-order valence-corrected chi connectivity index (χ4v) is 3.93. The van der Waals surface area contributed by atoms with Crippen molar-refractivity contribution in [1.29, 1.82) is 0 Å². The summed E-state index contributed by atoms with van der Waals surface area (Å²) in [7, 11) is 1.44. The lowest BCUT2D eigenvalue weighted by Gasteiger charge is -2.30. The number of carbonyl (C=O) groups is 2. The molecule has 1 atom stereocenters. The zero-order valence-electron chi connectivity index (χ0n) is 16.8. The Bertz CT molecular complexity index is 1070. The molecule has 0 aliphatic rings. The lowest BCUT2D eigenvalue weighted by Crippen LogP contribution is -2.46. The van der Waals surface area contributed by atoms with E-state index in [1.165, 1.54) is 12.0 Å². The van der Waals surface area contributed by atoms with Crippen LogP contribution in [0, 0.1) is 0 Å². The van der Waals surface area contributed by atoms with Crippen LogP contribution in [-0.4, -0.2) is 35.0 Å². The Hall–Kier alpha value is -2.83. The van der Waals surface area contributed by atoms with Crippen molar-refractivity contribution in [2.75, 3.05) is 7.11 Å². The standard InChI is InChI=1S/C24H21BrClNO4/c1-31-22-14-19(26)10-11-20(22)23(28)27(15-17-8-5-9-18(25)12-17)21(24(29)30)13-16-6-3-2-4-7-16/h2-12,14,21H,13,15H2,1H3,(H,29,30)/t21-/m0/s1. The molecule has 0 fully saturated rings. The van der Waals surface area contributed by atoms with E-state index in [2.05, 4.69) is 15.9 Å². The van der Waals surface area contributed by atoms with Crippen molar-refractivity contribution in [3.63, 3.8) is 0 Å². The quantitative estimate of drug-likeness (QED) is 0.445. The monoisotopic (exact) mass is 501 g/mol. The van der Waals surface area contributed by atoms with Gasteiger partial charge in [0.1, 0.15) is 11.8 Å². The molecule has 3 rings (SSSR count). The zero-order valence-corrected chi connectivity index (χ0v) is 19.1. The topological polar surface area (TPSA) is 66.8 Å². The van der Waals surface area contributed by atoms with E-state index in [1.807, 2.05) is 54.6 Å². The Kier molecular flexibility index (Phi) is 7.71. The molecule has 0 bridgehead atoms. The highest BCUT2D eigenvalue weighted by atomic mass is 79.9. The van der Waals surface area contributed by atoms with Gasteiger partial charge >= 0.3 is 5.97 Å². The van der Waals surface area contributed by atoms with Crippen LogP contribution in [0.4, 0.5) is 0 Å². The number of halogens is 2. The minimum Gasteiger partial charge on any atom is -0.496 e. The molecule has 3 aromatic carbocycles. The first-order valence-corrected chi connectivity index (χ1v) is 10.7. The Balaban J connectivity index is 2.04. The molecule has 0 aliphatic carbocycles. The average Bonchev–Trinajstić information content (AvgIpc) is 2.76. The SMILES string of the molecule is COc1cc(Cl)ccc1C(=O)N(Cc1cccc(Br)c1)[C@@H](Cc1ccccc1)C(=O)O. The van der Waals surface area contributed by atoms with E-state index in [0.29, 0.717) is 10.8 Å². The first kappa shape index (κ1) is 22.8. The molecule has 0 saturated heterocycles. The van der Waals surface area contributed by atoms with Crippen LogP contribution < -0.4 is 4.74 Å². The number of hydrogen-bond acceptors (Lipinski definition) is 3. The molecule has 1 amide bonds. The maximum absolute atomic E-state index is 13.6. The summed E-state index contributed by atoms with van der Waals surface area (Å²) in [5, 5.41) is 10.5. The summed E-state index contributed by atoms with van der Waals surface area (Å²) in [4.78, 5) is 27.2. The number of nitrogens with zero attached hydrogens (tertiary/aromatic N) is 1. The highest BCUT2D eigenvalue weighted by Gasteiger charge is 2.32. The van der Waals surface area contributed by atoms with E-state index in [9.17, 15) is 14.7 Å². The van der Waals surface area contributed by atoms with Gasteiger partial charge in [0, 0.05) is 22.5 Å². The molecule has 0 aromatic heterocycles. The van der Waals surface area contributed by atoms with Gasteiger partial charge in [-0.3, -0.25) is 4.79 Å². The van der Waals surface area contributed by atoms with E-state index in [0.717, 1.165) is 15.6 Å². The number of aliphatic carboxylic acids is 1. The largest absolute Gasteiger partial charge is 0.496 e. The third kappa shape index (κ3) is 5.87. The third-order valence-electron chi connectivity index (χ3n) is 4.83. The number of carboxylic acids is 1. The Morgan fingerprint density at radius 2 is 1.74 bits per heavy atom. The maximum atomic E-state index is 13.6. The smallest absolute Gasteiger partial charge is 0.326 e. The van der Waals surface area contributed by atoms with Crippen LogP contribution in [0.15, 0.2) is 77.3 Å². The number of benzene rings is 3. The summed E-state index contributed by atoms with van der Waals surface area (Å²) in [6.45, 7) is 0.119. The average molecular weight is 503 g/mol. The highest BCUT2D eigenvalue weighted by Crippen LogP contribution is 2.27. The van der Waals surface area contributed by atoms with Gasteiger partial charge in [-0.25, -0.2) is 4.79 Å². The fraction of sp³-hybridized carbons (Fsp3) is 0.167. The van der Waals surface area contributed by atoms with Crippen LogP contribution in [0.1, 0.15) is 21.5 Å². The summed E-state index contributed by atoms with van der Waals surface area (Å²) >= 11 is 9.47. The number of ether oxygens (including phenoxy) is 1. The molecule has 0 radical (unpaired) electrons. The summed E-state index contributed by atoms with van der Waals surface area (Å²) in [6, 6.07) is 20.3. The maximum Gasteiger partial charge on any atom is 0.326 e. The molecule has 7 heteroatoms. The van der Waals surface area contributed by atoms with Crippen LogP contribution >= 0.6 is 27.5 Å². The highest BCUT2D eigenvalue weighted by molar-refractivity contribution is 9.10. The van der Waals surface area contributed by atoms with Gasteiger partial charge in [0.15, 0.2) is 0 Å². The molecule has 1 N–H and O–H groups in total. The van der Waals surface area contributed by atoms with Gasteiger partial charge in [-0.15, -0.1) is 0 Å². The second-order valence-electron chi connectivity index (χ2n) is 6.95. The Morgan fingerprint density at radius 1 is 1.03 bits per heavy atom. The van der Waals surface area contributed by atoms with Crippen molar-refractivity contribution in [2.24, 2.45) is 0 Å². The van der Waals surface area contributed by atoms with E-state index >= 15 is 0 Å². The minimum absolute atomic E-state index is 0.119. The number of rotatable bonds is 8. The number of amides is 1. The molecule has 0 saturated carbocycles. The summed E-state index contributed by atoms with van der Waals surface area (Å²) in [5.74, 6) is -1.24. The van der Waals surface area contributed by atoms with Crippen LogP contribution in [0.2, 0.25) is 5.02 Å². The lowest BCUT2D eigenvalue weighted by molar-refractivity contribution is -0.142. The van der Waals surface area contributed by atoms with Gasteiger partial charge < -0.3 is 14.7 Å². The molecule has 3 aromatic rings. The van der Waals surface area contributed by atoms with Crippen molar-refractivity contribution in [2.45, 2.75) is 19.0 Å². The molecular weight excluding hydrogens is 482 g/mol. The van der Waals surface area contributed by atoms with E-state index in [4.69, 9.17) is 16.3 Å². The van der Waals surface area contributed by atoms with E-state index < -0.39 is 17.9 Å². The van der Waals surface area contributed by atoms with Gasteiger partial charge in [0.05, 0.1) is 12.7 Å². The van der Waals surface area contributed by atoms with Crippen molar-refractivity contribution in [3.8, 4) is 5.75 Å². The Labute approximate surface area is 194 Å². The molecule has 31 heavy (non-hydrogen) atoms. The number of carbonyl (C=O) groups excluding carboxylic acids is 1. The second-order valence-corrected chi connectivity index (χ2v) is 8.30. The molecule has 160 valence electrons. The van der Waals surface area contributed by atoms with Gasteiger partial charge in [-0.2, -0.15) is 0 Å². The van der Waals surface area contributed by atoms with Gasteiger partial charge in [-0.1, -0.05) is 70.0 Å². The number of hydrogen-bond donors (Lipinski definition) is 1. The Morgan fingerprint density at radius 3 is 2.39 bits per heavy atom. The number of methoxy groups -OCH3 is 1. The molecule has 0 unspecified atom stereocenters. The lowest BCUT2D eigenvalue weighted by atomic mass is 10.0. The normalized spacial score (nSPS) is 11.6. The van der Waals surface area contributed by atoms with Crippen molar-refractivity contribution < 1.29 is 19.4 Å². The van der Waals surface area contributed by atoms with Crippen LogP contribution in [0.5, 0.6) is 5.75 Å². The van der Waals surface area contributed by atoms with Crippen LogP contribution in [0.3, 0.4) is 0 Å². The van der Waals surface area contributed by atoms with Crippen LogP contribution in [-0.2, 0) is 17.8 Å². The molecule has 0 spiro atoms. The summed E-state index contributed by atoms with van der Waals surface area (Å²) < 4.78 is 6.18. The first-order chi connectivity index (χ1) is 14.9. The van der Waals surface area contributed by atoms with Gasteiger partial charge in [0.2, 0.25) is 0 Å². The molecule has 0 heterocycles. The van der Waals surface area contributed by atoms with Gasteiger partial charge in [-0.05, 0) is 41.5 Å².